The predicted octanol–water partition coefficient (Wildman–Crippen LogP) is 1.80. The summed E-state index contributed by atoms with van der Waals surface area (Å²) in [6.45, 7) is 4.65. The van der Waals surface area contributed by atoms with E-state index in [-0.39, 0.29) is 0 Å². The van der Waals surface area contributed by atoms with Gasteiger partial charge >= 0.3 is 5.97 Å². The molecule has 0 aromatic heterocycles. The number of aryl methyl sites for hydroxylation is 1. The molecule has 0 saturated carbocycles. The molecule has 0 aliphatic heterocycles. The van der Waals surface area contributed by atoms with Crippen molar-refractivity contribution in [1.82, 2.24) is 0 Å². The molecule has 3 N–H and O–H groups in total. The number of anilines is 2. The molecule has 0 heterocycles. The van der Waals surface area contributed by atoms with Crippen molar-refractivity contribution in [3.8, 4) is 0 Å². The number of carbonyl (C=O) groups is 1. The molecular weight excluding hydrogens is 192 g/mol. The van der Waals surface area contributed by atoms with Crippen molar-refractivity contribution < 1.29 is 9.53 Å². The lowest BCUT2D eigenvalue weighted by molar-refractivity contribution is 0.0602. The fourth-order valence-electron chi connectivity index (χ4n) is 1.38. The molecule has 82 valence electrons. The summed E-state index contributed by atoms with van der Waals surface area (Å²) in [5, 5.41) is 3.13. The van der Waals surface area contributed by atoms with Gasteiger partial charge in [-0.3, -0.25) is 0 Å². The van der Waals surface area contributed by atoms with E-state index in [1.54, 1.807) is 6.07 Å². The lowest BCUT2D eigenvalue weighted by Crippen LogP contribution is -2.08. The first-order chi connectivity index (χ1) is 7.10. The molecule has 0 spiro atoms. The maximum atomic E-state index is 11.4. The van der Waals surface area contributed by atoms with Crippen LogP contribution in [0.2, 0.25) is 0 Å². The van der Waals surface area contributed by atoms with E-state index >= 15 is 0 Å². The van der Waals surface area contributed by atoms with Gasteiger partial charge in [0.05, 0.1) is 12.7 Å². The Morgan fingerprint density at radius 2 is 2.20 bits per heavy atom. The molecule has 0 fully saturated rings. The van der Waals surface area contributed by atoms with Crippen LogP contribution in [0, 0.1) is 6.92 Å². The van der Waals surface area contributed by atoms with Crippen LogP contribution in [0.25, 0.3) is 0 Å². The van der Waals surface area contributed by atoms with Crippen molar-refractivity contribution in [3.63, 3.8) is 0 Å². The molecule has 1 aromatic carbocycles. The molecule has 0 atom stereocenters. The predicted molar refractivity (Wildman–Crippen MR) is 61.1 cm³/mol. The number of hydrogen-bond donors (Lipinski definition) is 2. The highest BCUT2D eigenvalue weighted by Crippen LogP contribution is 2.23. The second-order valence-corrected chi connectivity index (χ2v) is 3.28. The first-order valence-corrected chi connectivity index (χ1v) is 4.82. The minimum Gasteiger partial charge on any atom is -0.465 e. The SMILES string of the molecule is CCNc1cc(C)c(N)c(C(=O)OC)c1. The van der Waals surface area contributed by atoms with E-state index in [2.05, 4.69) is 10.1 Å². The zero-order valence-corrected chi connectivity index (χ0v) is 9.26. The Kier molecular flexibility index (Phi) is 3.55. The minimum atomic E-state index is -0.407. The topological polar surface area (TPSA) is 64.3 Å². The van der Waals surface area contributed by atoms with Gasteiger partial charge in [-0.1, -0.05) is 0 Å². The Hall–Kier alpha value is -1.71. The molecule has 1 rings (SSSR count). The number of ether oxygens (including phenoxy) is 1. The monoisotopic (exact) mass is 208 g/mol. The van der Waals surface area contributed by atoms with Crippen LogP contribution in [0.1, 0.15) is 22.8 Å². The van der Waals surface area contributed by atoms with Crippen molar-refractivity contribution in [1.29, 1.82) is 0 Å². The molecule has 0 bridgehead atoms. The number of hydrogen-bond acceptors (Lipinski definition) is 4. The third-order valence-corrected chi connectivity index (χ3v) is 2.17. The van der Waals surface area contributed by atoms with Gasteiger partial charge < -0.3 is 15.8 Å². The molecule has 0 radical (unpaired) electrons. The largest absolute Gasteiger partial charge is 0.465 e. The summed E-state index contributed by atoms with van der Waals surface area (Å²) >= 11 is 0. The summed E-state index contributed by atoms with van der Waals surface area (Å²) in [7, 11) is 1.34. The number of nitrogens with one attached hydrogen (secondary N) is 1. The Bertz CT molecular complexity index is 375. The average Bonchev–Trinajstić information content (AvgIpc) is 2.22. The van der Waals surface area contributed by atoms with E-state index in [4.69, 9.17) is 5.73 Å². The zero-order valence-electron chi connectivity index (χ0n) is 9.26. The Labute approximate surface area is 89.4 Å². The lowest BCUT2D eigenvalue weighted by Gasteiger charge is -2.11. The summed E-state index contributed by atoms with van der Waals surface area (Å²) in [6.07, 6.45) is 0. The lowest BCUT2D eigenvalue weighted by atomic mass is 10.1. The fourth-order valence-corrected chi connectivity index (χ4v) is 1.38. The number of benzene rings is 1. The van der Waals surface area contributed by atoms with Crippen LogP contribution in [0.3, 0.4) is 0 Å². The summed E-state index contributed by atoms with van der Waals surface area (Å²) in [4.78, 5) is 11.4. The van der Waals surface area contributed by atoms with Crippen LogP contribution in [-0.4, -0.2) is 19.6 Å². The van der Waals surface area contributed by atoms with Gasteiger partial charge in [-0.15, -0.1) is 0 Å². The van der Waals surface area contributed by atoms with Gasteiger partial charge in [0.15, 0.2) is 0 Å². The molecule has 1 aromatic rings. The Balaban J connectivity index is 3.18. The first kappa shape index (κ1) is 11.4. The summed E-state index contributed by atoms with van der Waals surface area (Å²) in [6, 6.07) is 3.61. The van der Waals surface area contributed by atoms with Crippen molar-refractivity contribution in [2.24, 2.45) is 0 Å². The van der Waals surface area contributed by atoms with Crippen LogP contribution < -0.4 is 11.1 Å². The van der Waals surface area contributed by atoms with Gasteiger partial charge in [0.2, 0.25) is 0 Å². The summed E-state index contributed by atoms with van der Waals surface area (Å²) in [5.41, 5.74) is 8.43. The third kappa shape index (κ3) is 2.40. The minimum absolute atomic E-state index is 0.407. The van der Waals surface area contributed by atoms with Gasteiger partial charge in [-0.25, -0.2) is 4.79 Å². The number of rotatable bonds is 3. The maximum absolute atomic E-state index is 11.4. The van der Waals surface area contributed by atoms with Crippen molar-refractivity contribution in [3.05, 3.63) is 23.3 Å². The van der Waals surface area contributed by atoms with Gasteiger partial charge in [-0.05, 0) is 31.5 Å². The van der Waals surface area contributed by atoms with Gasteiger partial charge in [0, 0.05) is 17.9 Å². The van der Waals surface area contributed by atoms with Crippen LogP contribution >= 0.6 is 0 Å². The maximum Gasteiger partial charge on any atom is 0.340 e. The Morgan fingerprint density at radius 3 is 2.73 bits per heavy atom. The highest BCUT2D eigenvalue weighted by Gasteiger charge is 2.12. The molecule has 0 aliphatic rings. The molecule has 15 heavy (non-hydrogen) atoms. The van der Waals surface area contributed by atoms with E-state index in [0.29, 0.717) is 11.3 Å². The van der Waals surface area contributed by atoms with Crippen molar-refractivity contribution >= 4 is 17.3 Å². The third-order valence-electron chi connectivity index (χ3n) is 2.17. The van der Waals surface area contributed by atoms with Crippen molar-refractivity contribution in [2.75, 3.05) is 24.7 Å². The fraction of sp³-hybridized carbons (Fsp3) is 0.364. The molecule has 0 saturated heterocycles. The van der Waals surface area contributed by atoms with Gasteiger partial charge in [0.1, 0.15) is 0 Å². The van der Waals surface area contributed by atoms with E-state index in [1.165, 1.54) is 7.11 Å². The first-order valence-electron chi connectivity index (χ1n) is 4.82. The molecule has 0 unspecified atom stereocenters. The molecule has 4 heteroatoms. The van der Waals surface area contributed by atoms with Crippen LogP contribution in [-0.2, 0) is 4.74 Å². The van der Waals surface area contributed by atoms with E-state index in [0.717, 1.165) is 17.8 Å². The average molecular weight is 208 g/mol. The van der Waals surface area contributed by atoms with Crippen LogP contribution in [0.5, 0.6) is 0 Å². The smallest absolute Gasteiger partial charge is 0.340 e. The number of methoxy groups -OCH3 is 1. The van der Waals surface area contributed by atoms with E-state index in [9.17, 15) is 4.79 Å². The molecule has 4 nitrogen and oxygen atoms in total. The normalized spacial score (nSPS) is 9.80. The number of nitrogen functional groups attached to an aromatic ring is 1. The number of esters is 1. The van der Waals surface area contributed by atoms with Crippen LogP contribution in [0.4, 0.5) is 11.4 Å². The van der Waals surface area contributed by atoms with Crippen molar-refractivity contribution in [2.45, 2.75) is 13.8 Å². The van der Waals surface area contributed by atoms with Gasteiger partial charge in [0.25, 0.3) is 0 Å². The highest BCUT2D eigenvalue weighted by atomic mass is 16.5. The second kappa shape index (κ2) is 4.68. The summed E-state index contributed by atoms with van der Waals surface area (Å²) < 4.78 is 4.66. The van der Waals surface area contributed by atoms with E-state index in [1.807, 2.05) is 19.9 Å². The molecule has 0 amide bonds. The summed E-state index contributed by atoms with van der Waals surface area (Å²) in [5.74, 6) is -0.407. The quantitative estimate of drug-likeness (QED) is 0.587. The van der Waals surface area contributed by atoms with E-state index < -0.39 is 5.97 Å². The Morgan fingerprint density at radius 1 is 1.53 bits per heavy atom. The zero-order chi connectivity index (χ0) is 11.4. The van der Waals surface area contributed by atoms with Gasteiger partial charge in [-0.2, -0.15) is 0 Å². The number of carbonyl (C=O) groups excluding carboxylic acids is 1. The molecule has 0 aliphatic carbocycles. The van der Waals surface area contributed by atoms with Crippen LogP contribution in [0.15, 0.2) is 12.1 Å². The number of nitrogens with two attached hydrogens (primary N) is 1. The standard InChI is InChI=1S/C11H16N2O2/c1-4-13-8-5-7(2)10(12)9(6-8)11(14)15-3/h5-6,13H,4,12H2,1-3H3. The second-order valence-electron chi connectivity index (χ2n) is 3.28. The molecular formula is C11H16N2O2. The highest BCUT2D eigenvalue weighted by molar-refractivity contribution is 5.97.